The number of aryl methyl sites for hydroxylation is 1. The van der Waals surface area contributed by atoms with Crippen molar-refractivity contribution in [1.29, 1.82) is 0 Å². The van der Waals surface area contributed by atoms with Gasteiger partial charge in [0.2, 0.25) is 6.33 Å². The van der Waals surface area contributed by atoms with Gasteiger partial charge in [0.15, 0.2) is 0 Å². The molecule has 0 spiro atoms. The molecule has 0 saturated heterocycles. The van der Waals surface area contributed by atoms with E-state index in [1.54, 1.807) is 0 Å². The van der Waals surface area contributed by atoms with Crippen LogP contribution in [0.15, 0.2) is 79.4 Å². The van der Waals surface area contributed by atoms with Crippen LogP contribution in [0.5, 0.6) is 0 Å². The topological polar surface area (TPSA) is 8.81 Å². The Morgan fingerprint density at radius 2 is 1.08 bits per heavy atom. The van der Waals surface area contributed by atoms with Crippen molar-refractivity contribution in [2.24, 2.45) is 0 Å². The van der Waals surface area contributed by atoms with Crippen LogP contribution in [-0.4, -0.2) is 4.57 Å². The normalized spacial score (nSPS) is 12.1. The van der Waals surface area contributed by atoms with Gasteiger partial charge in [-0.05, 0) is 30.4 Å². The van der Waals surface area contributed by atoms with E-state index in [2.05, 4.69) is 95.4 Å². The molecule has 3 rings (SSSR count). The lowest BCUT2D eigenvalue weighted by Gasteiger charge is -2.15. The molecule has 1 unspecified atom stereocenters. The molecule has 1 atom stereocenters. The molecule has 0 amide bonds. The van der Waals surface area contributed by atoms with Crippen LogP contribution in [-0.2, 0) is 19.5 Å². The molecule has 0 fully saturated rings. The van der Waals surface area contributed by atoms with Gasteiger partial charge in [-0.2, -0.15) is 0 Å². The van der Waals surface area contributed by atoms with E-state index in [-0.39, 0.29) is 0 Å². The molecule has 2 heteroatoms. The first-order valence-electron chi connectivity index (χ1n) is 16.5. The molecule has 0 aliphatic carbocycles. The maximum Gasteiger partial charge on any atom is 0.243 e. The fourth-order valence-electron chi connectivity index (χ4n) is 5.86. The van der Waals surface area contributed by atoms with Gasteiger partial charge in [0.25, 0.3) is 0 Å². The minimum absolute atomic E-state index is 0.481. The summed E-state index contributed by atoms with van der Waals surface area (Å²) < 4.78 is 4.77. The molecule has 0 radical (unpaired) electrons. The predicted molar refractivity (Wildman–Crippen MR) is 168 cm³/mol. The summed E-state index contributed by atoms with van der Waals surface area (Å²) in [5.41, 5.74) is 2.84. The first kappa shape index (κ1) is 31.2. The zero-order valence-corrected chi connectivity index (χ0v) is 25.1. The number of nitrogens with zero attached hydrogens (tertiary/aromatic N) is 2. The van der Waals surface area contributed by atoms with Gasteiger partial charge in [-0.3, -0.25) is 0 Å². The Morgan fingerprint density at radius 3 is 1.62 bits per heavy atom. The lowest BCUT2D eigenvalue weighted by atomic mass is 9.92. The van der Waals surface area contributed by atoms with Crippen LogP contribution in [0, 0.1) is 0 Å². The maximum absolute atomic E-state index is 2.38. The van der Waals surface area contributed by atoms with Gasteiger partial charge < -0.3 is 0 Å². The fourth-order valence-corrected chi connectivity index (χ4v) is 5.86. The number of aromatic nitrogens is 2. The summed E-state index contributed by atoms with van der Waals surface area (Å²) in [6.45, 7) is 4.46. The van der Waals surface area contributed by atoms with Gasteiger partial charge in [0, 0.05) is 5.92 Å². The first-order chi connectivity index (χ1) is 19.3. The van der Waals surface area contributed by atoms with E-state index in [0.717, 1.165) is 19.5 Å². The molecular formula is C37H57N2+. The van der Waals surface area contributed by atoms with Crippen molar-refractivity contribution in [3.8, 4) is 0 Å². The summed E-state index contributed by atoms with van der Waals surface area (Å²) in [5, 5.41) is 0. The molecular weight excluding hydrogens is 472 g/mol. The average Bonchev–Trinajstić information content (AvgIpc) is 3.42. The van der Waals surface area contributed by atoms with E-state index >= 15 is 0 Å². The van der Waals surface area contributed by atoms with Crippen molar-refractivity contribution < 1.29 is 4.57 Å². The molecule has 0 N–H and O–H groups in total. The van der Waals surface area contributed by atoms with E-state index in [0.29, 0.717) is 5.92 Å². The highest BCUT2D eigenvalue weighted by atomic mass is 15.1. The third-order valence-corrected chi connectivity index (χ3v) is 8.29. The number of unbranched alkanes of at least 4 members (excludes halogenated alkanes) is 16. The van der Waals surface area contributed by atoms with Crippen LogP contribution >= 0.6 is 0 Å². The highest BCUT2D eigenvalue weighted by Crippen LogP contribution is 2.21. The summed E-state index contributed by atoms with van der Waals surface area (Å²) in [6.07, 6.45) is 32.2. The largest absolute Gasteiger partial charge is 0.243 e. The SMILES string of the molecule is CCCCCCCCCCCCCCCCCCCn1cc[n+](CC(Cc2ccccc2)c2ccccc2)c1. The standard InChI is InChI=1S/C37H57N2/c1-2-3-4-5-6-7-8-9-10-11-12-13-14-15-16-17-24-29-38-30-31-39(34-38)33-37(36-27-22-19-23-28-36)32-35-25-20-18-21-26-35/h18-23,25-28,30-31,34,37H,2-17,24,29,32-33H2,1H3/q+1. The first-order valence-corrected chi connectivity index (χ1v) is 16.5. The van der Waals surface area contributed by atoms with Crippen molar-refractivity contribution in [2.75, 3.05) is 0 Å². The average molecular weight is 530 g/mol. The highest BCUT2D eigenvalue weighted by molar-refractivity contribution is 5.23. The van der Waals surface area contributed by atoms with Crippen molar-refractivity contribution in [3.63, 3.8) is 0 Å². The van der Waals surface area contributed by atoms with Gasteiger partial charge in [0.05, 0.1) is 13.1 Å². The van der Waals surface area contributed by atoms with E-state index < -0.39 is 0 Å². The molecule has 2 aromatic carbocycles. The Balaban J connectivity index is 1.21. The molecule has 214 valence electrons. The van der Waals surface area contributed by atoms with E-state index in [4.69, 9.17) is 0 Å². The summed E-state index contributed by atoms with van der Waals surface area (Å²) >= 11 is 0. The van der Waals surface area contributed by atoms with Crippen molar-refractivity contribution in [3.05, 3.63) is 90.5 Å². The molecule has 39 heavy (non-hydrogen) atoms. The number of rotatable bonds is 23. The van der Waals surface area contributed by atoms with Gasteiger partial charge >= 0.3 is 0 Å². The van der Waals surface area contributed by atoms with Gasteiger partial charge in [0.1, 0.15) is 12.4 Å². The fraction of sp³-hybridized carbons (Fsp3) is 0.595. The summed E-state index contributed by atoms with van der Waals surface area (Å²) in [7, 11) is 0. The Labute approximate surface area is 240 Å². The van der Waals surface area contributed by atoms with Gasteiger partial charge in [-0.25, -0.2) is 9.13 Å². The molecule has 1 heterocycles. The van der Waals surface area contributed by atoms with Crippen LogP contribution in [0.2, 0.25) is 0 Å². The maximum atomic E-state index is 2.38. The lowest BCUT2D eigenvalue weighted by Crippen LogP contribution is -2.35. The summed E-state index contributed by atoms with van der Waals surface area (Å²) in [5.74, 6) is 0.481. The minimum Gasteiger partial charge on any atom is -0.237 e. The van der Waals surface area contributed by atoms with Crippen LogP contribution in [0.1, 0.15) is 133 Å². The monoisotopic (exact) mass is 529 g/mol. The number of imidazole rings is 1. The smallest absolute Gasteiger partial charge is 0.237 e. The number of benzene rings is 2. The van der Waals surface area contributed by atoms with Gasteiger partial charge in [-0.15, -0.1) is 0 Å². The Hall–Kier alpha value is -2.35. The molecule has 0 bridgehead atoms. The highest BCUT2D eigenvalue weighted by Gasteiger charge is 2.16. The summed E-state index contributed by atoms with van der Waals surface area (Å²) in [6, 6.07) is 21.9. The predicted octanol–water partition coefficient (Wildman–Crippen LogP) is 10.5. The zero-order chi connectivity index (χ0) is 27.2. The quantitative estimate of drug-likeness (QED) is 0.0853. The van der Waals surface area contributed by atoms with Crippen molar-refractivity contribution >= 4 is 0 Å². The summed E-state index contributed by atoms with van der Waals surface area (Å²) in [4.78, 5) is 0. The van der Waals surface area contributed by atoms with Crippen LogP contribution < -0.4 is 4.57 Å². The van der Waals surface area contributed by atoms with Gasteiger partial charge in [-0.1, -0.05) is 164 Å². The molecule has 0 saturated carbocycles. The second kappa shape index (κ2) is 20.5. The van der Waals surface area contributed by atoms with E-state index in [9.17, 15) is 0 Å². The third kappa shape index (κ3) is 14.0. The van der Waals surface area contributed by atoms with Crippen molar-refractivity contribution in [2.45, 2.75) is 142 Å². The molecule has 2 nitrogen and oxygen atoms in total. The Kier molecular flexibility index (Phi) is 16.4. The third-order valence-electron chi connectivity index (χ3n) is 8.29. The van der Waals surface area contributed by atoms with E-state index in [1.807, 2.05) is 0 Å². The molecule has 3 aromatic rings. The molecule has 0 aliphatic heterocycles. The lowest BCUT2D eigenvalue weighted by molar-refractivity contribution is -0.699. The van der Waals surface area contributed by atoms with Crippen LogP contribution in [0.3, 0.4) is 0 Å². The number of hydrogen-bond donors (Lipinski definition) is 0. The van der Waals surface area contributed by atoms with Crippen LogP contribution in [0.4, 0.5) is 0 Å². The Morgan fingerprint density at radius 1 is 0.590 bits per heavy atom. The molecule has 0 aliphatic rings. The van der Waals surface area contributed by atoms with E-state index in [1.165, 1.54) is 120 Å². The second-order valence-electron chi connectivity index (χ2n) is 11.8. The molecule has 1 aromatic heterocycles. The Bertz CT molecular complexity index is 946. The van der Waals surface area contributed by atoms with Crippen LogP contribution in [0.25, 0.3) is 0 Å². The van der Waals surface area contributed by atoms with Crippen molar-refractivity contribution in [1.82, 2.24) is 4.57 Å². The second-order valence-corrected chi connectivity index (χ2v) is 11.8. The minimum atomic E-state index is 0.481. The zero-order valence-electron chi connectivity index (χ0n) is 25.1. The number of hydrogen-bond acceptors (Lipinski definition) is 0.